The van der Waals surface area contributed by atoms with Crippen LogP contribution in [0.25, 0.3) is 0 Å². The molecule has 0 aromatic carbocycles. The molecule has 1 aromatic rings. The number of nitrogens with one attached hydrogen (secondary N) is 1. The molecule has 0 atom stereocenters. The maximum absolute atomic E-state index is 12.4. The lowest BCUT2D eigenvalue weighted by atomic mass is 9.92. The molecule has 6 nitrogen and oxygen atoms in total. The molecule has 1 aromatic heterocycles. The fraction of sp³-hybridized carbons (Fsp3) is 0.769. The zero-order valence-electron chi connectivity index (χ0n) is 13.1. The molecule has 0 amide bonds. The van der Waals surface area contributed by atoms with Gasteiger partial charge in [0.1, 0.15) is 4.90 Å². The zero-order valence-corrected chi connectivity index (χ0v) is 13.9. The quantitative estimate of drug-likeness (QED) is 0.812. The van der Waals surface area contributed by atoms with Crippen LogP contribution in [0.1, 0.15) is 46.4 Å². The van der Waals surface area contributed by atoms with Crippen molar-refractivity contribution < 1.29 is 13.2 Å². The normalized spacial score (nSPS) is 13.2. The van der Waals surface area contributed by atoms with Gasteiger partial charge in [-0.25, -0.2) is 13.1 Å². The van der Waals surface area contributed by atoms with Crippen LogP contribution in [0.5, 0.6) is 0 Å². The van der Waals surface area contributed by atoms with Crippen molar-refractivity contribution in [2.75, 3.05) is 20.3 Å². The van der Waals surface area contributed by atoms with Crippen LogP contribution >= 0.6 is 0 Å². The van der Waals surface area contributed by atoms with E-state index >= 15 is 0 Å². The van der Waals surface area contributed by atoms with Crippen molar-refractivity contribution in [1.29, 1.82) is 0 Å². The molecule has 116 valence electrons. The molecule has 1 N–H and O–H groups in total. The Labute approximate surface area is 121 Å². The smallest absolute Gasteiger partial charge is 0.244 e. The third-order valence-electron chi connectivity index (χ3n) is 2.83. The van der Waals surface area contributed by atoms with Crippen LogP contribution in [0.15, 0.2) is 11.1 Å². The highest BCUT2D eigenvalue weighted by Crippen LogP contribution is 2.28. The monoisotopic (exact) mass is 303 g/mol. The Morgan fingerprint density at radius 1 is 1.40 bits per heavy atom. The summed E-state index contributed by atoms with van der Waals surface area (Å²) in [5.41, 5.74) is 0.238. The van der Waals surface area contributed by atoms with Gasteiger partial charge in [-0.15, -0.1) is 0 Å². The molecule has 0 bridgehead atoms. The number of nitrogens with zero attached hydrogens (tertiary/aromatic N) is 2. The summed E-state index contributed by atoms with van der Waals surface area (Å²) in [6, 6.07) is 0.110. The van der Waals surface area contributed by atoms with Gasteiger partial charge < -0.3 is 4.74 Å². The summed E-state index contributed by atoms with van der Waals surface area (Å²) in [4.78, 5) is 0.245. The zero-order chi connectivity index (χ0) is 15.6. The molecule has 1 heterocycles. The van der Waals surface area contributed by atoms with Gasteiger partial charge in [0.15, 0.2) is 0 Å². The van der Waals surface area contributed by atoms with E-state index < -0.39 is 10.0 Å². The van der Waals surface area contributed by atoms with Gasteiger partial charge in [0, 0.05) is 31.3 Å². The van der Waals surface area contributed by atoms with Gasteiger partial charge in [-0.1, -0.05) is 20.8 Å². The number of hydrogen-bond donors (Lipinski definition) is 1. The van der Waals surface area contributed by atoms with Crippen LogP contribution in [-0.2, 0) is 20.2 Å². The summed E-state index contributed by atoms with van der Waals surface area (Å²) < 4.78 is 33.9. The first-order valence-corrected chi connectivity index (χ1v) is 8.16. The second-order valence-corrected chi connectivity index (χ2v) is 7.79. The Bertz CT molecular complexity index is 542. The molecule has 20 heavy (non-hydrogen) atoms. The topological polar surface area (TPSA) is 73.2 Å². The van der Waals surface area contributed by atoms with Crippen LogP contribution < -0.4 is 4.72 Å². The van der Waals surface area contributed by atoms with Crippen molar-refractivity contribution in [1.82, 2.24) is 14.5 Å². The Morgan fingerprint density at radius 2 is 2.00 bits per heavy atom. The fourth-order valence-corrected chi connectivity index (χ4v) is 3.07. The lowest BCUT2D eigenvalue weighted by Gasteiger charge is -2.17. The van der Waals surface area contributed by atoms with Crippen LogP contribution in [0.4, 0.5) is 0 Å². The number of aromatic nitrogens is 2. The first kappa shape index (κ1) is 17.1. The van der Waals surface area contributed by atoms with Gasteiger partial charge in [0.05, 0.1) is 12.3 Å². The van der Waals surface area contributed by atoms with E-state index in [1.807, 2.05) is 34.6 Å². The third-order valence-corrected chi connectivity index (χ3v) is 4.29. The summed E-state index contributed by atoms with van der Waals surface area (Å²) in [6.45, 7) is 10.4. The van der Waals surface area contributed by atoms with Crippen LogP contribution in [-0.4, -0.2) is 38.5 Å². The van der Waals surface area contributed by atoms with E-state index in [2.05, 4.69) is 9.82 Å². The minimum Gasteiger partial charge on any atom is -0.383 e. The Hall–Kier alpha value is -0.920. The summed E-state index contributed by atoms with van der Waals surface area (Å²) >= 11 is 0. The van der Waals surface area contributed by atoms with E-state index in [4.69, 9.17) is 4.74 Å². The average Bonchev–Trinajstić information content (AvgIpc) is 2.74. The highest BCUT2D eigenvalue weighted by Gasteiger charge is 2.30. The van der Waals surface area contributed by atoms with Crippen molar-refractivity contribution in [3.8, 4) is 0 Å². The minimum atomic E-state index is -3.57. The van der Waals surface area contributed by atoms with Crippen molar-refractivity contribution in [3.63, 3.8) is 0 Å². The third kappa shape index (κ3) is 4.04. The number of rotatable bonds is 6. The van der Waals surface area contributed by atoms with E-state index in [-0.39, 0.29) is 22.9 Å². The molecular formula is C13H25N3O3S. The molecule has 0 spiro atoms. The maximum atomic E-state index is 12.4. The Balaban J connectivity index is 3.21. The van der Waals surface area contributed by atoms with Crippen LogP contribution in [0.2, 0.25) is 0 Å². The van der Waals surface area contributed by atoms with Crippen molar-refractivity contribution in [3.05, 3.63) is 11.9 Å². The molecule has 0 aliphatic carbocycles. The summed E-state index contributed by atoms with van der Waals surface area (Å²) in [7, 11) is -2.04. The molecule has 0 fully saturated rings. The van der Waals surface area contributed by atoms with Gasteiger partial charge in [-0.05, 0) is 13.8 Å². The minimum absolute atomic E-state index is 0.110. The molecule has 0 saturated heterocycles. The number of sulfonamides is 1. The average molecular weight is 303 g/mol. The van der Waals surface area contributed by atoms with Gasteiger partial charge in [-0.2, -0.15) is 5.10 Å². The molecule has 7 heteroatoms. The van der Waals surface area contributed by atoms with E-state index in [9.17, 15) is 8.42 Å². The van der Waals surface area contributed by atoms with Crippen molar-refractivity contribution in [2.24, 2.45) is 0 Å². The summed E-state index contributed by atoms with van der Waals surface area (Å²) in [5.74, 6) is 0. The number of ether oxygens (including phenoxy) is 1. The van der Waals surface area contributed by atoms with Gasteiger partial charge in [0.2, 0.25) is 10.0 Å². The second-order valence-electron chi connectivity index (χ2n) is 6.06. The first-order valence-electron chi connectivity index (χ1n) is 6.68. The molecule has 0 radical (unpaired) electrons. The lowest BCUT2D eigenvalue weighted by molar-refractivity contribution is 0.204. The highest BCUT2D eigenvalue weighted by atomic mass is 32.2. The van der Waals surface area contributed by atoms with Crippen LogP contribution in [0, 0.1) is 0 Å². The van der Waals surface area contributed by atoms with E-state index in [1.165, 1.54) is 7.11 Å². The van der Waals surface area contributed by atoms with E-state index in [0.717, 1.165) is 0 Å². The molecule has 0 aliphatic heterocycles. The van der Waals surface area contributed by atoms with E-state index in [0.29, 0.717) is 12.3 Å². The first-order chi connectivity index (χ1) is 9.09. The predicted molar refractivity (Wildman–Crippen MR) is 78.4 cm³/mol. The van der Waals surface area contributed by atoms with Gasteiger partial charge in [-0.3, -0.25) is 4.68 Å². The molecule has 0 aliphatic rings. The van der Waals surface area contributed by atoms with Crippen molar-refractivity contribution >= 4 is 10.0 Å². The molecular weight excluding hydrogens is 278 g/mol. The van der Waals surface area contributed by atoms with Crippen molar-refractivity contribution in [2.45, 2.75) is 51.0 Å². The molecule has 1 rings (SSSR count). The fourth-order valence-electron chi connectivity index (χ4n) is 1.71. The molecule has 0 unspecified atom stereocenters. The van der Waals surface area contributed by atoms with Gasteiger partial charge >= 0.3 is 0 Å². The Morgan fingerprint density at radius 3 is 2.45 bits per heavy atom. The Kier molecular flexibility index (Phi) is 5.34. The largest absolute Gasteiger partial charge is 0.383 e. The summed E-state index contributed by atoms with van der Waals surface area (Å²) in [5, 5.41) is 4.44. The van der Waals surface area contributed by atoms with Crippen LogP contribution in [0.3, 0.4) is 0 Å². The van der Waals surface area contributed by atoms with E-state index in [1.54, 1.807) is 10.9 Å². The molecule has 0 saturated carbocycles. The summed E-state index contributed by atoms with van der Waals surface area (Å²) in [6.07, 6.45) is 1.60. The predicted octanol–water partition coefficient (Wildman–Crippen LogP) is 1.69. The number of hydrogen-bond acceptors (Lipinski definition) is 4. The maximum Gasteiger partial charge on any atom is 0.244 e. The highest BCUT2D eigenvalue weighted by molar-refractivity contribution is 7.89. The number of methoxy groups -OCH3 is 1. The lowest BCUT2D eigenvalue weighted by Crippen LogP contribution is -2.29. The SMILES string of the molecule is COCCNS(=O)(=O)c1cn(C(C)C)nc1C(C)(C)C. The second kappa shape index (κ2) is 6.24. The standard InChI is InChI=1S/C13H25N3O3S/c1-10(2)16-9-11(12(15-16)13(3,4)5)20(17,18)14-7-8-19-6/h9-10,14H,7-8H2,1-6H3. The van der Waals surface area contributed by atoms with Gasteiger partial charge in [0.25, 0.3) is 0 Å².